The van der Waals surface area contributed by atoms with Gasteiger partial charge in [0, 0.05) is 36.4 Å². The second-order valence-electron chi connectivity index (χ2n) is 3.61. The van der Waals surface area contributed by atoms with E-state index in [0.29, 0.717) is 25.1 Å². The fourth-order valence-electron chi connectivity index (χ4n) is 1.25. The van der Waals surface area contributed by atoms with Gasteiger partial charge in [-0.3, -0.25) is 4.79 Å². The first-order valence-corrected chi connectivity index (χ1v) is 7.27. The van der Waals surface area contributed by atoms with Crippen LogP contribution in [0, 0.1) is 11.3 Å². The van der Waals surface area contributed by atoms with Crippen molar-refractivity contribution in [2.75, 3.05) is 19.3 Å². The van der Waals surface area contributed by atoms with Gasteiger partial charge in [-0.15, -0.1) is 11.8 Å². The Morgan fingerprint density at radius 3 is 3.11 bits per heavy atom. The second kappa shape index (κ2) is 8.11. The number of hydrogen-bond acceptors (Lipinski definition) is 4. The third-order valence-electron chi connectivity index (χ3n) is 2.26. The normalized spacial score (nSPS) is 9.83. The van der Waals surface area contributed by atoms with Crippen LogP contribution >= 0.6 is 27.7 Å². The predicted molar refractivity (Wildman–Crippen MR) is 75.1 cm³/mol. The molecule has 0 N–H and O–H groups in total. The van der Waals surface area contributed by atoms with E-state index in [1.807, 2.05) is 18.2 Å². The van der Waals surface area contributed by atoms with E-state index in [0.717, 1.165) is 9.50 Å². The zero-order chi connectivity index (χ0) is 13.4. The van der Waals surface area contributed by atoms with Gasteiger partial charge in [0.1, 0.15) is 5.03 Å². The molecule has 1 heterocycles. The maximum Gasteiger partial charge on any atom is 0.223 e. The summed E-state index contributed by atoms with van der Waals surface area (Å²) >= 11 is 4.96. The monoisotopic (exact) mass is 327 g/mol. The molecule has 1 rings (SSSR count). The molecule has 1 aromatic heterocycles. The highest BCUT2D eigenvalue weighted by atomic mass is 79.9. The molecule has 1 aromatic rings. The second-order valence-corrected chi connectivity index (χ2v) is 5.55. The van der Waals surface area contributed by atoms with E-state index in [1.165, 1.54) is 0 Å². The molecule has 0 radical (unpaired) electrons. The van der Waals surface area contributed by atoms with Crippen molar-refractivity contribution in [3.8, 4) is 6.07 Å². The van der Waals surface area contributed by atoms with Gasteiger partial charge in [0.15, 0.2) is 0 Å². The molecule has 0 unspecified atom stereocenters. The van der Waals surface area contributed by atoms with Gasteiger partial charge in [0.25, 0.3) is 0 Å². The molecule has 0 spiro atoms. The Kier molecular flexibility index (Phi) is 6.76. The molecule has 0 aliphatic carbocycles. The third kappa shape index (κ3) is 5.07. The minimum absolute atomic E-state index is 0.0600. The number of amides is 1. The van der Waals surface area contributed by atoms with E-state index in [9.17, 15) is 4.79 Å². The van der Waals surface area contributed by atoms with Gasteiger partial charge in [-0.05, 0) is 28.1 Å². The average molecular weight is 328 g/mol. The van der Waals surface area contributed by atoms with E-state index < -0.39 is 0 Å². The van der Waals surface area contributed by atoms with Crippen LogP contribution in [0.3, 0.4) is 0 Å². The Hall–Kier alpha value is -1.06. The van der Waals surface area contributed by atoms with E-state index >= 15 is 0 Å². The standard InChI is InChI=1S/C12H14BrN3OS/c1-16(8-3-6-14)11(17)5-9-18-12-10(13)4-2-7-15-12/h2,4,7H,3,5,8-9H2,1H3. The lowest BCUT2D eigenvalue weighted by Gasteiger charge is -2.14. The molecule has 0 saturated heterocycles. The Bertz CT molecular complexity index is 447. The number of halogens is 1. The molecule has 18 heavy (non-hydrogen) atoms. The number of carbonyl (C=O) groups excluding carboxylic acids is 1. The van der Waals surface area contributed by atoms with Crippen molar-refractivity contribution in [1.29, 1.82) is 5.26 Å². The van der Waals surface area contributed by atoms with Crippen LogP contribution in [0.4, 0.5) is 0 Å². The number of nitriles is 1. The minimum Gasteiger partial charge on any atom is -0.345 e. The van der Waals surface area contributed by atoms with Gasteiger partial charge in [0.05, 0.1) is 12.5 Å². The number of hydrogen-bond donors (Lipinski definition) is 0. The summed E-state index contributed by atoms with van der Waals surface area (Å²) in [7, 11) is 1.72. The minimum atomic E-state index is 0.0600. The molecule has 96 valence electrons. The fraction of sp³-hybridized carbons (Fsp3) is 0.417. The zero-order valence-corrected chi connectivity index (χ0v) is 12.5. The van der Waals surface area contributed by atoms with Crippen LogP contribution < -0.4 is 0 Å². The fourth-order valence-corrected chi connectivity index (χ4v) is 2.66. The number of nitrogens with zero attached hydrogens (tertiary/aromatic N) is 3. The van der Waals surface area contributed by atoms with Crippen molar-refractivity contribution in [1.82, 2.24) is 9.88 Å². The summed E-state index contributed by atoms with van der Waals surface area (Å²) in [5, 5.41) is 9.34. The van der Waals surface area contributed by atoms with Gasteiger partial charge >= 0.3 is 0 Å². The molecule has 0 aliphatic heterocycles. The summed E-state index contributed by atoms with van der Waals surface area (Å²) in [4.78, 5) is 17.5. The number of pyridine rings is 1. The summed E-state index contributed by atoms with van der Waals surface area (Å²) in [5.74, 6) is 0.746. The van der Waals surface area contributed by atoms with E-state index in [-0.39, 0.29) is 5.91 Å². The van der Waals surface area contributed by atoms with Gasteiger partial charge in [-0.2, -0.15) is 5.26 Å². The molecule has 0 saturated carbocycles. The van der Waals surface area contributed by atoms with E-state index in [2.05, 4.69) is 20.9 Å². The SMILES string of the molecule is CN(CCC#N)C(=O)CCSc1ncccc1Br. The molecule has 0 aliphatic rings. The molecule has 6 heteroatoms. The zero-order valence-electron chi connectivity index (χ0n) is 10.1. The van der Waals surface area contributed by atoms with Gasteiger partial charge < -0.3 is 4.90 Å². The van der Waals surface area contributed by atoms with Crippen LogP contribution in [-0.4, -0.2) is 35.1 Å². The Labute approximate surface area is 120 Å². The largest absolute Gasteiger partial charge is 0.345 e. The summed E-state index contributed by atoms with van der Waals surface area (Å²) in [6.45, 7) is 0.493. The van der Waals surface area contributed by atoms with Crippen molar-refractivity contribution in [2.24, 2.45) is 0 Å². The maximum absolute atomic E-state index is 11.7. The highest BCUT2D eigenvalue weighted by Crippen LogP contribution is 2.24. The molecule has 0 atom stereocenters. The Morgan fingerprint density at radius 2 is 2.44 bits per heavy atom. The lowest BCUT2D eigenvalue weighted by atomic mass is 10.3. The quantitative estimate of drug-likeness (QED) is 0.754. The molecule has 0 bridgehead atoms. The summed E-state index contributed by atoms with van der Waals surface area (Å²) < 4.78 is 0.945. The third-order valence-corrected chi connectivity index (χ3v) is 4.17. The lowest BCUT2D eigenvalue weighted by molar-refractivity contribution is -0.129. The van der Waals surface area contributed by atoms with E-state index in [4.69, 9.17) is 5.26 Å². The van der Waals surface area contributed by atoms with Crippen molar-refractivity contribution >= 4 is 33.6 Å². The van der Waals surface area contributed by atoms with Crippen LogP contribution in [0.5, 0.6) is 0 Å². The molecule has 4 nitrogen and oxygen atoms in total. The van der Waals surface area contributed by atoms with Gasteiger partial charge in [0.2, 0.25) is 5.91 Å². The van der Waals surface area contributed by atoms with Crippen LogP contribution in [0.25, 0.3) is 0 Å². The predicted octanol–water partition coefficient (Wildman–Crippen LogP) is 2.70. The van der Waals surface area contributed by atoms with Gasteiger partial charge in [-0.25, -0.2) is 4.98 Å². The van der Waals surface area contributed by atoms with E-state index in [1.54, 1.807) is 29.9 Å². The molecular formula is C12H14BrN3OS. The smallest absolute Gasteiger partial charge is 0.223 e. The average Bonchev–Trinajstić information content (AvgIpc) is 2.38. The van der Waals surface area contributed by atoms with Crippen molar-refractivity contribution in [3.63, 3.8) is 0 Å². The number of aromatic nitrogens is 1. The lowest BCUT2D eigenvalue weighted by Crippen LogP contribution is -2.27. The number of thioether (sulfide) groups is 1. The van der Waals surface area contributed by atoms with Crippen molar-refractivity contribution in [3.05, 3.63) is 22.8 Å². The highest BCUT2D eigenvalue weighted by molar-refractivity contribution is 9.10. The molecule has 0 fully saturated rings. The summed E-state index contributed by atoms with van der Waals surface area (Å²) in [6.07, 6.45) is 2.56. The summed E-state index contributed by atoms with van der Waals surface area (Å²) in [5.41, 5.74) is 0. The Morgan fingerprint density at radius 1 is 1.67 bits per heavy atom. The molecule has 1 amide bonds. The van der Waals surface area contributed by atoms with Crippen LogP contribution in [0.2, 0.25) is 0 Å². The van der Waals surface area contributed by atoms with Crippen molar-refractivity contribution < 1.29 is 4.79 Å². The van der Waals surface area contributed by atoms with Crippen LogP contribution in [-0.2, 0) is 4.79 Å². The van der Waals surface area contributed by atoms with Crippen LogP contribution in [0.15, 0.2) is 27.8 Å². The topological polar surface area (TPSA) is 57.0 Å². The first kappa shape index (κ1) is 15.0. The maximum atomic E-state index is 11.7. The Balaban J connectivity index is 2.32. The first-order valence-electron chi connectivity index (χ1n) is 5.49. The number of carbonyl (C=O) groups is 1. The number of rotatable bonds is 6. The molecule has 0 aromatic carbocycles. The van der Waals surface area contributed by atoms with Crippen molar-refractivity contribution in [2.45, 2.75) is 17.9 Å². The first-order chi connectivity index (χ1) is 8.65. The van der Waals surface area contributed by atoms with Crippen LogP contribution in [0.1, 0.15) is 12.8 Å². The highest BCUT2D eigenvalue weighted by Gasteiger charge is 2.09. The molecular weight excluding hydrogens is 314 g/mol. The van der Waals surface area contributed by atoms with Gasteiger partial charge in [-0.1, -0.05) is 0 Å². The summed E-state index contributed by atoms with van der Waals surface area (Å²) in [6, 6.07) is 5.81.